The number of benzene rings is 2. The Kier molecular flexibility index (Phi) is 6.28. The summed E-state index contributed by atoms with van der Waals surface area (Å²) in [5, 5.41) is 21.3. The molecule has 168 valence electrons. The summed E-state index contributed by atoms with van der Waals surface area (Å²) in [5.74, 6) is 0.393. The SMILES string of the molecule is COc1c(C(=O)N[C@@H]2CCC[C@H]2O)cc(Cc2ccc(-c3cn(C)nn3)cc2)c(C)c1C. The van der Waals surface area contributed by atoms with Crippen LogP contribution < -0.4 is 10.1 Å². The number of hydrogen-bond donors (Lipinski definition) is 2. The first-order valence-corrected chi connectivity index (χ1v) is 11.0. The summed E-state index contributed by atoms with van der Waals surface area (Å²) >= 11 is 0. The number of aryl methyl sites for hydroxylation is 1. The molecule has 1 fully saturated rings. The van der Waals surface area contributed by atoms with E-state index >= 15 is 0 Å². The van der Waals surface area contributed by atoms with E-state index in [9.17, 15) is 9.90 Å². The summed E-state index contributed by atoms with van der Waals surface area (Å²) in [6.45, 7) is 4.04. The minimum atomic E-state index is -0.483. The summed E-state index contributed by atoms with van der Waals surface area (Å²) < 4.78 is 7.29. The molecule has 0 saturated heterocycles. The van der Waals surface area contributed by atoms with Crippen molar-refractivity contribution in [3.05, 3.63) is 64.3 Å². The molecule has 2 atom stereocenters. The number of rotatable bonds is 6. The van der Waals surface area contributed by atoms with Crippen molar-refractivity contribution < 1.29 is 14.6 Å². The molecule has 0 radical (unpaired) electrons. The zero-order chi connectivity index (χ0) is 22.8. The van der Waals surface area contributed by atoms with Gasteiger partial charge in [0.25, 0.3) is 5.91 Å². The van der Waals surface area contributed by atoms with Crippen LogP contribution in [-0.2, 0) is 13.5 Å². The molecule has 0 aliphatic heterocycles. The molecule has 7 nitrogen and oxygen atoms in total. The van der Waals surface area contributed by atoms with Crippen LogP contribution in [-0.4, -0.2) is 45.3 Å². The Bertz CT molecular complexity index is 1120. The Morgan fingerprint density at radius 1 is 1.22 bits per heavy atom. The first-order chi connectivity index (χ1) is 15.4. The maximum absolute atomic E-state index is 13.1. The summed E-state index contributed by atoms with van der Waals surface area (Å²) in [5.41, 5.74) is 6.65. The first-order valence-electron chi connectivity index (χ1n) is 11.0. The number of nitrogens with one attached hydrogen (secondary N) is 1. The van der Waals surface area contributed by atoms with E-state index in [2.05, 4.69) is 34.7 Å². The fraction of sp³-hybridized carbons (Fsp3) is 0.400. The highest BCUT2D eigenvalue weighted by Crippen LogP contribution is 2.31. The van der Waals surface area contributed by atoms with Gasteiger partial charge < -0.3 is 15.2 Å². The molecule has 1 amide bonds. The Hall–Kier alpha value is -3.19. The molecular formula is C25H30N4O3. The van der Waals surface area contributed by atoms with Crippen LogP contribution in [0.5, 0.6) is 5.75 Å². The van der Waals surface area contributed by atoms with Crippen LogP contribution in [0.3, 0.4) is 0 Å². The van der Waals surface area contributed by atoms with Gasteiger partial charge in [0.2, 0.25) is 0 Å². The molecule has 1 aromatic heterocycles. The third kappa shape index (κ3) is 4.39. The lowest BCUT2D eigenvalue weighted by Crippen LogP contribution is -2.40. The van der Waals surface area contributed by atoms with Gasteiger partial charge in [-0.1, -0.05) is 29.5 Å². The Morgan fingerprint density at radius 3 is 2.56 bits per heavy atom. The number of aliphatic hydroxyl groups is 1. The van der Waals surface area contributed by atoms with Crippen molar-refractivity contribution in [1.29, 1.82) is 0 Å². The number of aliphatic hydroxyl groups excluding tert-OH is 1. The maximum atomic E-state index is 13.1. The lowest BCUT2D eigenvalue weighted by Gasteiger charge is -2.20. The molecule has 2 aromatic carbocycles. The molecule has 0 unspecified atom stereocenters. The topological polar surface area (TPSA) is 89.3 Å². The van der Waals surface area contributed by atoms with Gasteiger partial charge >= 0.3 is 0 Å². The molecule has 3 aromatic rings. The Balaban J connectivity index is 1.60. The lowest BCUT2D eigenvalue weighted by molar-refractivity contribution is 0.0870. The zero-order valence-electron chi connectivity index (χ0n) is 19.1. The maximum Gasteiger partial charge on any atom is 0.255 e. The molecule has 2 N–H and O–H groups in total. The number of carbonyl (C=O) groups is 1. The lowest BCUT2D eigenvalue weighted by atomic mass is 9.92. The molecule has 1 saturated carbocycles. The summed E-state index contributed by atoms with van der Waals surface area (Å²) in [6.07, 6.45) is 4.55. The monoisotopic (exact) mass is 434 g/mol. The standard InChI is InChI=1S/C25H30N4O3/c1-15-16(2)24(32-4)20(25(31)26-21-6-5-7-23(21)30)13-19(15)12-17-8-10-18(11-9-17)22-14-29(3)28-27-22/h8-11,13-14,21,23,30H,5-7,12H2,1-4H3,(H,26,31)/t21-,23-/m1/s1. The first kappa shape index (κ1) is 22.0. The molecular weight excluding hydrogens is 404 g/mol. The van der Waals surface area contributed by atoms with Gasteiger partial charge in [-0.05, 0) is 67.9 Å². The summed E-state index contributed by atoms with van der Waals surface area (Å²) in [4.78, 5) is 13.1. The number of ether oxygens (including phenoxy) is 1. The number of nitrogens with zero attached hydrogens (tertiary/aromatic N) is 3. The number of methoxy groups -OCH3 is 1. The van der Waals surface area contributed by atoms with Gasteiger partial charge in [-0.3, -0.25) is 9.48 Å². The Labute approximate surface area is 188 Å². The van der Waals surface area contributed by atoms with Crippen LogP contribution in [0.4, 0.5) is 0 Å². The van der Waals surface area contributed by atoms with Crippen molar-refractivity contribution in [2.45, 2.75) is 51.7 Å². The van der Waals surface area contributed by atoms with Crippen molar-refractivity contribution in [2.75, 3.05) is 7.11 Å². The second-order valence-corrected chi connectivity index (χ2v) is 8.60. The van der Waals surface area contributed by atoms with Gasteiger partial charge in [0.15, 0.2) is 0 Å². The predicted molar refractivity (Wildman–Crippen MR) is 123 cm³/mol. The summed E-state index contributed by atoms with van der Waals surface area (Å²) in [6, 6.07) is 9.97. The van der Waals surface area contributed by atoms with E-state index in [-0.39, 0.29) is 11.9 Å². The van der Waals surface area contributed by atoms with Crippen LogP contribution in [0, 0.1) is 13.8 Å². The molecule has 1 aliphatic carbocycles. The molecule has 4 rings (SSSR count). The van der Waals surface area contributed by atoms with Crippen molar-refractivity contribution in [2.24, 2.45) is 7.05 Å². The second-order valence-electron chi connectivity index (χ2n) is 8.60. The highest BCUT2D eigenvalue weighted by Gasteiger charge is 2.28. The second kappa shape index (κ2) is 9.12. The highest BCUT2D eigenvalue weighted by atomic mass is 16.5. The van der Waals surface area contributed by atoms with E-state index in [1.807, 2.05) is 38.4 Å². The molecule has 32 heavy (non-hydrogen) atoms. The van der Waals surface area contributed by atoms with Crippen LogP contribution in [0.2, 0.25) is 0 Å². The van der Waals surface area contributed by atoms with E-state index in [0.29, 0.717) is 17.7 Å². The van der Waals surface area contributed by atoms with Gasteiger partial charge in [0, 0.05) is 12.6 Å². The molecule has 7 heteroatoms. The number of amides is 1. The minimum Gasteiger partial charge on any atom is -0.496 e. The van der Waals surface area contributed by atoms with Gasteiger partial charge in [0.1, 0.15) is 11.4 Å². The molecule has 0 bridgehead atoms. The average Bonchev–Trinajstić information content (AvgIpc) is 3.40. The quantitative estimate of drug-likeness (QED) is 0.621. The molecule has 1 heterocycles. The van der Waals surface area contributed by atoms with Crippen LogP contribution in [0.25, 0.3) is 11.3 Å². The van der Waals surface area contributed by atoms with E-state index < -0.39 is 6.10 Å². The van der Waals surface area contributed by atoms with Gasteiger partial charge in [0.05, 0.1) is 31.0 Å². The Morgan fingerprint density at radius 2 is 1.97 bits per heavy atom. The van der Waals surface area contributed by atoms with Crippen molar-refractivity contribution in [3.63, 3.8) is 0 Å². The van der Waals surface area contributed by atoms with Gasteiger partial charge in [-0.2, -0.15) is 0 Å². The number of hydrogen-bond acceptors (Lipinski definition) is 5. The largest absolute Gasteiger partial charge is 0.496 e. The van der Waals surface area contributed by atoms with Gasteiger partial charge in [-0.15, -0.1) is 5.10 Å². The summed E-state index contributed by atoms with van der Waals surface area (Å²) in [7, 11) is 3.44. The van der Waals surface area contributed by atoms with Crippen LogP contribution in [0.1, 0.15) is 51.9 Å². The fourth-order valence-corrected chi connectivity index (χ4v) is 4.42. The smallest absolute Gasteiger partial charge is 0.255 e. The fourth-order valence-electron chi connectivity index (χ4n) is 4.42. The highest BCUT2D eigenvalue weighted by molar-refractivity contribution is 5.98. The number of carbonyl (C=O) groups excluding carboxylic acids is 1. The van der Waals surface area contributed by atoms with Crippen molar-refractivity contribution >= 4 is 5.91 Å². The third-order valence-electron chi connectivity index (χ3n) is 6.44. The van der Waals surface area contributed by atoms with Crippen LogP contribution >= 0.6 is 0 Å². The van der Waals surface area contributed by atoms with E-state index in [1.54, 1.807) is 11.8 Å². The van der Waals surface area contributed by atoms with Crippen LogP contribution in [0.15, 0.2) is 36.5 Å². The minimum absolute atomic E-state index is 0.199. The van der Waals surface area contributed by atoms with E-state index in [4.69, 9.17) is 4.74 Å². The average molecular weight is 435 g/mol. The van der Waals surface area contributed by atoms with Crippen molar-refractivity contribution in [1.82, 2.24) is 20.3 Å². The zero-order valence-corrected chi connectivity index (χ0v) is 19.1. The molecule has 0 spiro atoms. The molecule has 1 aliphatic rings. The van der Waals surface area contributed by atoms with E-state index in [0.717, 1.165) is 52.8 Å². The van der Waals surface area contributed by atoms with Gasteiger partial charge in [-0.25, -0.2) is 0 Å². The van der Waals surface area contributed by atoms with E-state index in [1.165, 1.54) is 0 Å². The third-order valence-corrected chi connectivity index (χ3v) is 6.44. The van der Waals surface area contributed by atoms with Crippen molar-refractivity contribution in [3.8, 4) is 17.0 Å². The normalized spacial score (nSPS) is 18.0. The number of aromatic nitrogens is 3. The predicted octanol–water partition coefficient (Wildman–Crippen LogP) is 3.34.